The van der Waals surface area contributed by atoms with E-state index in [-0.39, 0.29) is 0 Å². The van der Waals surface area contributed by atoms with Crippen molar-refractivity contribution in [1.82, 2.24) is 4.98 Å². The number of aromatic nitrogens is 1. The quantitative estimate of drug-likeness (QED) is 0.807. The van der Waals surface area contributed by atoms with E-state index in [0.717, 1.165) is 5.39 Å². The van der Waals surface area contributed by atoms with E-state index in [9.17, 15) is 0 Å². The van der Waals surface area contributed by atoms with Crippen LogP contribution in [0, 0.1) is 11.3 Å². The van der Waals surface area contributed by atoms with Crippen molar-refractivity contribution in [3.8, 4) is 6.07 Å². The van der Waals surface area contributed by atoms with Gasteiger partial charge in [-0.3, -0.25) is 4.98 Å². The zero-order chi connectivity index (χ0) is 11.0. The third-order valence-electron chi connectivity index (χ3n) is 2.09. The van der Waals surface area contributed by atoms with Gasteiger partial charge in [-0.1, -0.05) is 11.6 Å². The lowest BCUT2D eigenvalue weighted by molar-refractivity contribution is 1.37. The second kappa shape index (κ2) is 3.69. The molecule has 0 unspecified atom stereocenters. The van der Waals surface area contributed by atoms with Gasteiger partial charge in [0.05, 0.1) is 26.3 Å². The number of hydrogen-bond acceptors (Lipinski definition) is 3. The van der Waals surface area contributed by atoms with Crippen LogP contribution in [-0.2, 0) is 0 Å². The van der Waals surface area contributed by atoms with Crippen molar-refractivity contribution in [3.63, 3.8) is 0 Å². The van der Waals surface area contributed by atoms with Crippen molar-refractivity contribution < 1.29 is 0 Å². The van der Waals surface area contributed by atoms with Crippen LogP contribution in [0.25, 0.3) is 10.9 Å². The van der Waals surface area contributed by atoms with Gasteiger partial charge in [0.2, 0.25) is 0 Å². The van der Waals surface area contributed by atoms with Crippen LogP contribution in [0.5, 0.6) is 0 Å². The first-order chi connectivity index (χ1) is 7.15. The summed E-state index contributed by atoms with van der Waals surface area (Å²) < 4.78 is 0.692. The number of nitrogen functional groups attached to an aromatic ring is 1. The highest BCUT2D eigenvalue weighted by atomic mass is 79.9. The molecule has 0 amide bonds. The Labute approximate surface area is 99.6 Å². The summed E-state index contributed by atoms with van der Waals surface area (Å²) in [5.41, 5.74) is 7.29. The van der Waals surface area contributed by atoms with Gasteiger partial charge < -0.3 is 5.73 Å². The van der Waals surface area contributed by atoms with Gasteiger partial charge in [0, 0.05) is 11.6 Å². The summed E-state index contributed by atoms with van der Waals surface area (Å²) in [5, 5.41) is 10.1. The van der Waals surface area contributed by atoms with Crippen LogP contribution < -0.4 is 5.73 Å². The van der Waals surface area contributed by atoms with Gasteiger partial charge in [-0.2, -0.15) is 5.26 Å². The largest absolute Gasteiger partial charge is 0.397 e. The van der Waals surface area contributed by atoms with Crippen molar-refractivity contribution in [2.24, 2.45) is 0 Å². The maximum absolute atomic E-state index is 8.79. The monoisotopic (exact) mass is 281 g/mol. The van der Waals surface area contributed by atoms with Gasteiger partial charge in [-0.05, 0) is 28.1 Å². The number of nitrogens with two attached hydrogens (primary N) is 1. The minimum atomic E-state index is 0.372. The lowest BCUT2D eigenvalue weighted by Gasteiger charge is -2.05. The van der Waals surface area contributed by atoms with Gasteiger partial charge in [0.1, 0.15) is 6.07 Å². The highest BCUT2D eigenvalue weighted by Crippen LogP contribution is 2.33. The molecule has 1 aromatic carbocycles. The minimum absolute atomic E-state index is 0.372. The van der Waals surface area contributed by atoms with Gasteiger partial charge in [-0.15, -0.1) is 0 Å². The van der Waals surface area contributed by atoms with E-state index < -0.39 is 0 Å². The Kier molecular flexibility index (Phi) is 2.51. The molecule has 2 N–H and O–H groups in total. The molecule has 74 valence electrons. The molecule has 1 heterocycles. The summed E-state index contributed by atoms with van der Waals surface area (Å²) in [7, 11) is 0. The first-order valence-corrected chi connectivity index (χ1v) is 5.24. The first-order valence-electron chi connectivity index (χ1n) is 4.07. The number of anilines is 1. The molecular weight excluding hydrogens is 277 g/mol. The molecule has 0 spiro atoms. The Morgan fingerprint density at radius 2 is 2.20 bits per heavy atom. The maximum atomic E-state index is 8.79. The second-order valence-corrected chi connectivity index (χ2v) is 4.16. The first kappa shape index (κ1) is 10.2. The third kappa shape index (κ3) is 1.54. The van der Waals surface area contributed by atoms with Crippen LogP contribution in [0.1, 0.15) is 5.56 Å². The molecular formula is C10H5BrClN3. The molecule has 0 fully saturated rings. The number of benzene rings is 1. The average Bonchev–Trinajstić information content (AvgIpc) is 2.24. The highest BCUT2D eigenvalue weighted by Gasteiger charge is 2.09. The standard InChI is InChI=1S/C10H5BrClN3/c11-8-7(12)2-1-6-9(14)5(3-13)4-15-10(6)8/h1-2,4H,(H2,14,15). The summed E-state index contributed by atoms with van der Waals surface area (Å²) in [5.74, 6) is 0. The van der Waals surface area contributed by atoms with Crippen LogP contribution in [0.4, 0.5) is 5.69 Å². The molecule has 0 radical (unpaired) electrons. The molecule has 2 rings (SSSR count). The number of fused-ring (bicyclic) bond motifs is 1. The average molecular weight is 283 g/mol. The van der Waals surface area contributed by atoms with E-state index in [2.05, 4.69) is 20.9 Å². The fourth-order valence-corrected chi connectivity index (χ4v) is 1.92. The van der Waals surface area contributed by atoms with E-state index >= 15 is 0 Å². The third-order valence-corrected chi connectivity index (χ3v) is 3.44. The topological polar surface area (TPSA) is 62.7 Å². The predicted molar refractivity (Wildman–Crippen MR) is 63.6 cm³/mol. The van der Waals surface area contributed by atoms with Crippen molar-refractivity contribution in [2.75, 3.05) is 5.73 Å². The van der Waals surface area contributed by atoms with Gasteiger partial charge in [0.15, 0.2) is 0 Å². The summed E-state index contributed by atoms with van der Waals surface area (Å²) in [6.07, 6.45) is 1.44. The van der Waals surface area contributed by atoms with Crippen LogP contribution in [0.3, 0.4) is 0 Å². The number of hydrogen-bond donors (Lipinski definition) is 1. The van der Waals surface area contributed by atoms with Gasteiger partial charge in [-0.25, -0.2) is 0 Å². The molecule has 2 aromatic rings. The van der Waals surface area contributed by atoms with Crippen molar-refractivity contribution >= 4 is 44.1 Å². The molecule has 0 atom stereocenters. The SMILES string of the molecule is N#Cc1cnc2c(Br)c(Cl)ccc2c1N. The van der Waals surface area contributed by atoms with E-state index in [0.29, 0.717) is 26.3 Å². The molecule has 0 saturated heterocycles. The Morgan fingerprint density at radius 1 is 1.47 bits per heavy atom. The van der Waals surface area contributed by atoms with E-state index in [1.165, 1.54) is 6.20 Å². The molecule has 15 heavy (non-hydrogen) atoms. The number of nitrogens with zero attached hydrogens (tertiary/aromatic N) is 2. The molecule has 0 aliphatic heterocycles. The smallest absolute Gasteiger partial charge is 0.103 e. The van der Waals surface area contributed by atoms with Crippen molar-refractivity contribution in [1.29, 1.82) is 5.26 Å². The number of rotatable bonds is 0. The molecule has 0 saturated carbocycles. The molecule has 5 heteroatoms. The maximum Gasteiger partial charge on any atom is 0.103 e. The summed E-state index contributed by atoms with van der Waals surface area (Å²) in [6.45, 7) is 0. The zero-order valence-electron chi connectivity index (χ0n) is 7.46. The zero-order valence-corrected chi connectivity index (χ0v) is 9.80. The molecule has 0 aliphatic carbocycles. The van der Waals surface area contributed by atoms with E-state index in [1.54, 1.807) is 12.1 Å². The Morgan fingerprint density at radius 3 is 2.87 bits per heavy atom. The Balaban J connectivity index is 2.93. The molecule has 0 aliphatic rings. The number of pyridine rings is 1. The van der Waals surface area contributed by atoms with Crippen LogP contribution in [0.2, 0.25) is 5.02 Å². The second-order valence-electron chi connectivity index (χ2n) is 2.95. The summed E-state index contributed by atoms with van der Waals surface area (Å²) in [6, 6.07) is 5.46. The Bertz CT molecular complexity index is 589. The number of halogens is 2. The predicted octanol–water partition coefficient (Wildman–Crippen LogP) is 3.10. The van der Waals surface area contributed by atoms with Gasteiger partial charge >= 0.3 is 0 Å². The number of nitriles is 1. The van der Waals surface area contributed by atoms with Crippen molar-refractivity contribution in [2.45, 2.75) is 0 Å². The molecule has 0 bridgehead atoms. The van der Waals surface area contributed by atoms with Crippen LogP contribution in [0.15, 0.2) is 22.8 Å². The van der Waals surface area contributed by atoms with Crippen LogP contribution in [-0.4, -0.2) is 4.98 Å². The molecule has 3 nitrogen and oxygen atoms in total. The normalized spacial score (nSPS) is 10.2. The van der Waals surface area contributed by atoms with E-state index in [4.69, 9.17) is 22.6 Å². The molecule has 1 aromatic heterocycles. The highest BCUT2D eigenvalue weighted by molar-refractivity contribution is 9.10. The minimum Gasteiger partial charge on any atom is -0.397 e. The van der Waals surface area contributed by atoms with Gasteiger partial charge in [0.25, 0.3) is 0 Å². The summed E-state index contributed by atoms with van der Waals surface area (Å²) >= 11 is 9.25. The lowest BCUT2D eigenvalue weighted by Crippen LogP contribution is -1.94. The Hall–Kier alpha value is -1.31. The lowest BCUT2D eigenvalue weighted by atomic mass is 10.1. The fraction of sp³-hybridized carbons (Fsp3) is 0. The van der Waals surface area contributed by atoms with Crippen LogP contribution >= 0.6 is 27.5 Å². The van der Waals surface area contributed by atoms with Crippen molar-refractivity contribution in [3.05, 3.63) is 33.4 Å². The fourth-order valence-electron chi connectivity index (χ4n) is 1.32. The summed E-state index contributed by atoms with van der Waals surface area (Å²) in [4.78, 5) is 4.14. The van der Waals surface area contributed by atoms with E-state index in [1.807, 2.05) is 6.07 Å².